The molecule has 1 aliphatic rings. The van der Waals surface area contributed by atoms with E-state index in [0.717, 1.165) is 21.5 Å². The first-order chi connectivity index (χ1) is 16.5. The minimum Gasteiger partial charge on any atom is -0.497 e. The maximum absolute atomic E-state index is 13.4. The van der Waals surface area contributed by atoms with Crippen molar-refractivity contribution < 1.29 is 14.5 Å². The number of fused-ring (bicyclic) bond motifs is 1. The van der Waals surface area contributed by atoms with Gasteiger partial charge in [-0.1, -0.05) is 47.4 Å². The fraction of sp³-hybridized carbons (Fsp3) is 0.0833. The van der Waals surface area contributed by atoms with Crippen LogP contribution in [0.25, 0.3) is 16.3 Å². The fourth-order valence-electron chi connectivity index (χ4n) is 3.51. The number of carbonyl (C=O) groups is 1. The van der Waals surface area contributed by atoms with Gasteiger partial charge in [-0.25, -0.2) is 9.99 Å². The van der Waals surface area contributed by atoms with Crippen molar-refractivity contribution in [3.05, 3.63) is 98.9 Å². The molecule has 0 unspecified atom stereocenters. The van der Waals surface area contributed by atoms with Crippen LogP contribution in [0.1, 0.15) is 16.5 Å². The number of nitrogens with one attached hydrogen (secondary N) is 1. The van der Waals surface area contributed by atoms with E-state index in [1.54, 1.807) is 30.3 Å². The summed E-state index contributed by atoms with van der Waals surface area (Å²) < 4.78 is 6.29. The van der Waals surface area contributed by atoms with Crippen molar-refractivity contribution in [1.82, 2.24) is 9.99 Å². The molecule has 2 heterocycles. The third-order valence-electron chi connectivity index (χ3n) is 5.22. The van der Waals surface area contributed by atoms with Crippen LogP contribution in [0.2, 0.25) is 0 Å². The first-order valence-electron chi connectivity index (χ1n) is 10.2. The zero-order valence-corrected chi connectivity index (χ0v) is 19.5. The summed E-state index contributed by atoms with van der Waals surface area (Å²) in [7, 11) is 1.61. The standard InChI is InChI=1S/C24H18N4O4S2/c1-32-18-12-8-16(9-13-18)23-27(26-24-25-19-4-2-3-5-20(19)34-24)22(29)21(33-23)14-15-6-10-17(11-7-15)28(30)31/h2-14,23H,1H3,(H,25,26)/b21-14-/t23-/m0/s1. The second-order valence-corrected chi connectivity index (χ2v) is 9.53. The number of para-hydroxylation sites is 1. The van der Waals surface area contributed by atoms with Crippen molar-refractivity contribution in [3.8, 4) is 5.75 Å². The SMILES string of the molecule is COc1ccc([C@@H]2S/C(=C\c3ccc([N+](=O)[O-])cc3)C(=O)N2Nc2nc3ccccc3s2)cc1. The molecule has 0 radical (unpaired) electrons. The van der Waals surface area contributed by atoms with Crippen LogP contribution in [0.5, 0.6) is 5.75 Å². The van der Waals surface area contributed by atoms with Gasteiger partial charge in [-0.2, -0.15) is 0 Å². The topological polar surface area (TPSA) is 97.6 Å². The number of rotatable bonds is 6. The van der Waals surface area contributed by atoms with Crippen LogP contribution in [0.3, 0.4) is 0 Å². The number of hydrogen-bond acceptors (Lipinski definition) is 8. The molecule has 0 aliphatic carbocycles. The third kappa shape index (κ3) is 4.33. The number of ether oxygens (including phenoxy) is 1. The molecule has 0 saturated carbocycles. The van der Waals surface area contributed by atoms with Crippen molar-refractivity contribution in [2.75, 3.05) is 12.5 Å². The second kappa shape index (κ2) is 9.16. The van der Waals surface area contributed by atoms with Crippen molar-refractivity contribution in [2.24, 2.45) is 0 Å². The number of methoxy groups -OCH3 is 1. The van der Waals surface area contributed by atoms with Crippen LogP contribution in [0.15, 0.2) is 77.7 Å². The highest BCUT2D eigenvalue weighted by Crippen LogP contribution is 2.46. The van der Waals surface area contributed by atoms with E-state index in [0.29, 0.717) is 15.6 Å². The molecule has 34 heavy (non-hydrogen) atoms. The summed E-state index contributed by atoms with van der Waals surface area (Å²) in [5.41, 5.74) is 5.69. The molecule has 0 spiro atoms. The normalized spacial score (nSPS) is 16.9. The zero-order chi connectivity index (χ0) is 23.7. The van der Waals surface area contributed by atoms with E-state index in [4.69, 9.17) is 4.74 Å². The van der Waals surface area contributed by atoms with E-state index < -0.39 is 4.92 Å². The molecule has 1 amide bonds. The lowest BCUT2D eigenvalue weighted by Gasteiger charge is -2.23. The average molecular weight is 491 g/mol. The van der Waals surface area contributed by atoms with Gasteiger partial charge in [0, 0.05) is 12.1 Å². The van der Waals surface area contributed by atoms with Gasteiger partial charge >= 0.3 is 0 Å². The number of hydrazine groups is 1. The Labute approximate surface area is 203 Å². The molecule has 4 aromatic rings. The number of hydrogen-bond donors (Lipinski definition) is 1. The van der Waals surface area contributed by atoms with E-state index in [1.807, 2.05) is 48.5 Å². The quantitative estimate of drug-likeness (QED) is 0.205. The van der Waals surface area contributed by atoms with E-state index in [1.165, 1.54) is 35.2 Å². The molecular formula is C24H18N4O4S2. The lowest BCUT2D eigenvalue weighted by atomic mass is 10.2. The van der Waals surface area contributed by atoms with Crippen LogP contribution in [-0.2, 0) is 4.79 Å². The van der Waals surface area contributed by atoms with Crippen LogP contribution in [-0.4, -0.2) is 27.9 Å². The predicted molar refractivity (Wildman–Crippen MR) is 134 cm³/mol. The monoisotopic (exact) mass is 490 g/mol. The summed E-state index contributed by atoms with van der Waals surface area (Å²) in [6.07, 6.45) is 1.74. The minimum absolute atomic E-state index is 0.00258. The van der Waals surface area contributed by atoms with Crippen LogP contribution < -0.4 is 10.2 Å². The van der Waals surface area contributed by atoms with E-state index in [2.05, 4.69) is 10.4 Å². The number of thioether (sulfide) groups is 1. The van der Waals surface area contributed by atoms with E-state index in [9.17, 15) is 14.9 Å². The molecule has 1 saturated heterocycles. The molecule has 5 rings (SSSR count). The maximum atomic E-state index is 13.4. The second-order valence-electron chi connectivity index (χ2n) is 7.37. The van der Waals surface area contributed by atoms with E-state index >= 15 is 0 Å². The smallest absolute Gasteiger partial charge is 0.280 e. The van der Waals surface area contributed by atoms with Crippen molar-refractivity contribution in [1.29, 1.82) is 0 Å². The minimum atomic E-state index is -0.449. The number of benzene rings is 3. The van der Waals surface area contributed by atoms with Gasteiger partial charge in [0.2, 0.25) is 5.13 Å². The largest absolute Gasteiger partial charge is 0.497 e. The molecule has 170 valence electrons. The molecule has 1 aliphatic heterocycles. The maximum Gasteiger partial charge on any atom is 0.280 e. The molecule has 1 fully saturated rings. The van der Waals surface area contributed by atoms with Gasteiger partial charge in [0.05, 0.1) is 27.2 Å². The summed E-state index contributed by atoms with van der Waals surface area (Å²) in [5.74, 6) is 0.522. The molecule has 1 N–H and O–H groups in total. The van der Waals surface area contributed by atoms with E-state index in [-0.39, 0.29) is 17.0 Å². The molecular weight excluding hydrogens is 472 g/mol. The summed E-state index contributed by atoms with van der Waals surface area (Å²) in [6, 6.07) is 21.5. The Balaban J connectivity index is 1.48. The molecule has 3 aromatic carbocycles. The summed E-state index contributed by atoms with van der Waals surface area (Å²) >= 11 is 2.87. The Bertz CT molecular complexity index is 1370. The number of anilines is 1. The zero-order valence-electron chi connectivity index (χ0n) is 17.9. The molecule has 0 bridgehead atoms. The molecule has 1 atom stereocenters. The predicted octanol–water partition coefficient (Wildman–Crippen LogP) is 5.86. The van der Waals surface area contributed by atoms with Crippen LogP contribution in [0.4, 0.5) is 10.8 Å². The summed E-state index contributed by atoms with van der Waals surface area (Å²) in [4.78, 5) is 29.0. The number of thiazole rings is 1. The van der Waals surface area contributed by atoms with Crippen molar-refractivity contribution in [3.63, 3.8) is 0 Å². The fourth-order valence-corrected chi connectivity index (χ4v) is 5.56. The van der Waals surface area contributed by atoms with Crippen LogP contribution in [0, 0.1) is 10.1 Å². The molecule has 8 nitrogen and oxygen atoms in total. The number of nitro groups is 1. The Morgan fingerprint density at radius 3 is 2.50 bits per heavy atom. The van der Waals surface area contributed by atoms with Gasteiger partial charge < -0.3 is 4.74 Å². The highest BCUT2D eigenvalue weighted by Gasteiger charge is 2.38. The van der Waals surface area contributed by atoms with Gasteiger partial charge in [0.25, 0.3) is 11.6 Å². The van der Waals surface area contributed by atoms with Gasteiger partial charge in [0.1, 0.15) is 11.1 Å². The summed E-state index contributed by atoms with van der Waals surface area (Å²) in [5, 5.41) is 12.8. The first-order valence-corrected chi connectivity index (χ1v) is 11.9. The molecule has 10 heteroatoms. The van der Waals surface area contributed by atoms with Crippen LogP contribution >= 0.6 is 23.1 Å². The number of non-ortho nitro benzene ring substituents is 1. The molecule has 1 aromatic heterocycles. The lowest BCUT2D eigenvalue weighted by Crippen LogP contribution is -2.33. The van der Waals surface area contributed by atoms with Gasteiger partial charge in [-0.15, -0.1) is 0 Å². The Hall–Kier alpha value is -3.89. The lowest BCUT2D eigenvalue weighted by molar-refractivity contribution is -0.384. The number of amides is 1. The summed E-state index contributed by atoms with van der Waals surface area (Å²) in [6.45, 7) is 0. The Morgan fingerprint density at radius 2 is 1.82 bits per heavy atom. The number of nitro benzene ring substituents is 1. The van der Waals surface area contributed by atoms with Crippen molar-refractivity contribution in [2.45, 2.75) is 5.37 Å². The first kappa shape index (κ1) is 21.9. The van der Waals surface area contributed by atoms with Gasteiger partial charge in [-0.05, 0) is 53.6 Å². The Morgan fingerprint density at radius 1 is 1.09 bits per heavy atom. The number of carbonyl (C=O) groups excluding carboxylic acids is 1. The Kier molecular flexibility index (Phi) is 5.91. The number of aromatic nitrogens is 1. The average Bonchev–Trinajstić information content (AvgIpc) is 3.40. The highest BCUT2D eigenvalue weighted by molar-refractivity contribution is 8.04. The van der Waals surface area contributed by atoms with Crippen molar-refractivity contribution >= 4 is 56.1 Å². The number of nitrogens with zero attached hydrogens (tertiary/aromatic N) is 3. The third-order valence-corrected chi connectivity index (χ3v) is 7.41. The van der Waals surface area contributed by atoms with Gasteiger partial charge in [0.15, 0.2) is 0 Å². The highest BCUT2D eigenvalue weighted by atomic mass is 32.2. The van der Waals surface area contributed by atoms with Gasteiger partial charge in [-0.3, -0.25) is 20.3 Å².